The molecule has 2 unspecified atom stereocenters. The maximum atomic E-state index is 12.3. The number of hydrogen-bond acceptors (Lipinski definition) is 3. The highest BCUT2D eigenvalue weighted by atomic mass is 32.1. The Balaban J connectivity index is 1.99. The van der Waals surface area contributed by atoms with Gasteiger partial charge in [-0.15, -0.1) is 11.3 Å². The highest BCUT2D eigenvalue weighted by molar-refractivity contribution is 7.10. The minimum absolute atomic E-state index is 0.0885. The van der Waals surface area contributed by atoms with Gasteiger partial charge in [0, 0.05) is 18.0 Å². The van der Waals surface area contributed by atoms with Crippen molar-refractivity contribution in [1.29, 1.82) is 0 Å². The summed E-state index contributed by atoms with van der Waals surface area (Å²) in [6.45, 7) is 3.95. The van der Waals surface area contributed by atoms with Crippen LogP contribution in [-0.2, 0) is 4.79 Å². The first-order chi connectivity index (χ1) is 8.22. The molecule has 0 aliphatic carbocycles. The Morgan fingerprint density at radius 1 is 1.71 bits per heavy atom. The molecule has 0 radical (unpaired) electrons. The highest BCUT2D eigenvalue weighted by Gasteiger charge is 2.27. The SMILES string of the molecule is CCC1CCCN(C(=O)C(N)c2cccs2)C1. The topological polar surface area (TPSA) is 46.3 Å². The Morgan fingerprint density at radius 3 is 3.18 bits per heavy atom. The molecule has 2 N–H and O–H groups in total. The molecule has 4 heteroatoms. The molecule has 1 aliphatic heterocycles. The summed E-state index contributed by atoms with van der Waals surface area (Å²) < 4.78 is 0. The van der Waals surface area contributed by atoms with Crippen LogP contribution in [0.3, 0.4) is 0 Å². The molecule has 2 rings (SSSR count). The predicted octanol–water partition coefficient (Wildman–Crippen LogP) is 2.40. The summed E-state index contributed by atoms with van der Waals surface area (Å²) in [5.74, 6) is 0.744. The van der Waals surface area contributed by atoms with Crippen LogP contribution in [0.5, 0.6) is 0 Å². The van der Waals surface area contributed by atoms with Crippen molar-refractivity contribution < 1.29 is 4.79 Å². The summed E-state index contributed by atoms with van der Waals surface area (Å²) in [5, 5.41) is 1.97. The lowest BCUT2D eigenvalue weighted by atomic mass is 9.95. The quantitative estimate of drug-likeness (QED) is 0.898. The number of likely N-dealkylation sites (tertiary alicyclic amines) is 1. The van der Waals surface area contributed by atoms with E-state index in [1.54, 1.807) is 11.3 Å². The van der Waals surface area contributed by atoms with E-state index in [9.17, 15) is 4.79 Å². The summed E-state index contributed by atoms with van der Waals surface area (Å²) in [7, 11) is 0. The van der Waals surface area contributed by atoms with Gasteiger partial charge < -0.3 is 10.6 Å². The van der Waals surface area contributed by atoms with Crippen molar-refractivity contribution >= 4 is 17.2 Å². The monoisotopic (exact) mass is 252 g/mol. The lowest BCUT2D eigenvalue weighted by molar-refractivity contribution is -0.134. The zero-order chi connectivity index (χ0) is 12.3. The summed E-state index contributed by atoms with van der Waals surface area (Å²) in [4.78, 5) is 15.2. The molecule has 1 saturated heterocycles. The van der Waals surface area contributed by atoms with Crippen LogP contribution in [0.2, 0.25) is 0 Å². The number of nitrogens with two attached hydrogens (primary N) is 1. The van der Waals surface area contributed by atoms with Gasteiger partial charge in [0.15, 0.2) is 0 Å². The van der Waals surface area contributed by atoms with Gasteiger partial charge >= 0.3 is 0 Å². The standard InChI is InChI=1S/C13H20N2OS/c1-2-10-5-3-7-15(9-10)13(16)12(14)11-6-4-8-17-11/h4,6,8,10,12H,2-3,5,7,9,14H2,1H3. The number of amides is 1. The molecular formula is C13H20N2OS. The second kappa shape index (κ2) is 5.65. The van der Waals surface area contributed by atoms with Gasteiger partial charge in [0.1, 0.15) is 6.04 Å². The number of rotatable bonds is 3. The largest absolute Gasteiger partial charge is 0.341 e. The van der Waals surface area contributed by atoms with Gasteiger partial charge in [-0.2, -0.15) is 0 Å². The van der Waals surface area contributed by atoms with Crippen LogP contribution in [-0.4, -0.2) is 23.9 Å². The lowest BCUT2D eigenvalue weighted by Crippen LogP contribution is -2.44. The van der Waals surface area contributed by atoms with E-state index in [0.717, 1.165) is 30.8 Å². The van der Waals surface area contributed by atoms with Gasteiger partial charge in [-0.25, -0.2) is 0 Å². The molecule has 17 heavy (non-hydrogen) atoms. The maximum Gasteiger partial charge on any atom is 0.244 e. The van der Waals surface area contributed by atoms with Crippen LogP contribution in [0, 0.1) is 5.92 Å². The van der Waals surface area contributed by atoms with Crippen LogP contribution >= 0.6 is 11.3 Å². The van der Waals surface area contributed by atoms with Gasteiger partial charge in [0.25, 0.3) is 0 Å². The third-order valence-electron chi connectivity index (χ3n) is 3.52. The Hall–Kier alpha value is -0.870. The minimum atomic E-state index is -0.467. The molecule has 2 atom stereocenters. The molecule has 1 aromatic rings. The third-order valence-corrected chi connectivity index (χ3v) is 4.48. The van der Waals surface area contributed by atoms with E-state index in [2.05, 4.69) is 6.92 Å². The molecule has 1 fully saturated rings. The Labute approximate surface area is 107 Å². The lowest BCUT2D eigenvalue weighted by Gasteiger charge is -2.33. The first-order valence-electron chi connectivity index (χ1n) is 6.30. The smallest absolute Gasteiger partial charge is 0.244 e. The Bertz CT molecular complexity index is 364. The van der Waals surface area contributed by atoms with E-state index >= 15 is 0 Å². The summed E-state index contributed by atoms with van der Waals surface area (Å²) in [5.41, 5.74) is 6.02. The average Bonchev–Trinajstić information content (AvgIpc) is 2.91. The molecule has 3 nitrogen and oxygen atoms in total. The zero-order valence-corrected chi connectivity index (χ0v) is 11.1. The minimum Gasteiger partial charge on any atom is -0.341 e. The molecule has 1 aromatic heterocycles. The Kier molecular flexibility index (Phi) is 4.18. The first-order valence-corrected chi connectivity index (χ1v) is 7.18. The fourth-order valence-electron chi connectivity index (χ4n) is 2.39. The molecule has 94 valence electrons. The van der Waals surface area contributed by atoms with E-state index in [1.165, 1.54) is 6.42 Å². The summed E-state index contributed by atoms with van der Waals surface area (Å²) in [6.07, 6.45) is 3.51. The van der Waals surface area contributed by atoms with Crippen molar-refractivity contribution in [2.24, 2.45) is 11.7 Å². The van der Waals surface area contributed by atoms with E-state index in [0.29, 0.717) is 5.92 Å². The van der Waals surface area contributed by atoms with Crippen molar-refractivity contribution in [3.05, 3.63) is 22.4 Å². The van der Waals surface area contributed by atoms with Crippen molar-refractivity contribution in [2.75, 3.05) is 13.1 Å². The fourth-order valence-corrected chi connectivity index (χ4v) is 3.10. The van der Waals surface area contributed by atoms with Gasteiger partial charge in [-0.1, -0.05) is 19.4 Å². The van der Waals surface area contributed by atoms with Crippen LogP contribution < -0.4 is 5.73 Å². The molecule has 0 bridgehead atoms. The predicted molar refractivity (Wildman–Crippen MR) is 70.8 cm³/mol. The normalized spacial score (nSPS) is 22.5. The van der Waals surface area contributed by atoms with E-state index < -0.39 is 6.04 Å². The van der Waals surface area contributed by atoms with Gasteiger partial charge in [-0.05, 0) is 30.2 Å². The molecule has 0 saturated carbocycles. The first kappa shape index (κ1) is 12.6. The van der Waals surface area contributed by atoms with Crippen molar-refractivity contribution in [3.8, 4) is 0 Å². The van der Waals surface area contributed by atoms with E-state index in [-0.39, 0.29) is 5.91 Å². The number of piperidine rings is 1. The second-order valence-electron chi connectivity index (χ2n) is 4.69. The maximum absolute atomic E-state index is 12.3. The van der Waals surface area contributed by atoms with Crippen molar-refractivity contribution in [1.82, 2.24) is 4.90 Å². The molecular weight excluding hydrogens is 232 g/mol. The highest BCUT2D eigenvalue weighted by Crippen LogP contribution is 2.24. The summed E-state index contributed by atoms with van der Waals surface area (Å²) in [6, 6.07) is 3.41. The number of hydrogen-bond donors (Lipinski definition) is 1. The van der Waals surface area contributed by atoms with Crippen molar-refractivity contribution in [3.63, 3.8) is 0 Å². The fraction of sp³-hybridized carbons (Fsp3) is 0.615. The van der Waals surface area contributed by atoms with Gasteiger partial charge in [-0.3, -0.25) is 4.79 Å². The molecule has 0 spiro atoms. The molecule has 2 heterocycles. The van der Waals surface area contributed by atoms with Gasteiger partial charge in [0.2, 0.25) is 5.91 Å². The molecule has 0 aromatic carbocycles. The summed E-state index contributed by atoms with van der Waals surface area (Å²) >= 11 is 1.56. The Morgan fingerprint density at radius 2 is 2.53 bits per heavy atom. The molecule has 1 amide bonds. The zero-order valence-electron chi connectivity index (χ0n) is 10.3. The van der Waals surface area contributed by atoms with Gasteiger partial charge in [0.05, 0.1) is 0 Å². The number of carbonyl (C=O) groups is 1. The number of carbonyl (C=O) groups excluding carboxylic acids is 1. The second-order valence-corrected chi connectivity index (χ2v) is 5.67. The van der Waals surface area contributed by atoms with E-state index in [1.807, 2.05) is 22.4 Å². The van der Waals surface area contributed by atoms with Crippen LogP contribution in [0.1, 0.15) is 37.1 Å². The molecule has 1 aliphatic rings. The van der Waals surface area contributed by atoms with Crippen LogP contribution in [0.4, 0.5) is 0 Å². The average molecular weight is 252 g/mol. The number of nitrogens with zero attached hydrogens (tertiary/aromatic N) is 1. The van der Waals surface area contributed by atoms with E-state index in [4.69, 9.17) is 5.73 Å². The van der Waals surface area contributed by atoms with Crippen LogP contribution in [0.25, 0.3) is 0 Å². The van der Waals surface area contributed by atoms with Crippen LogP contribution in [0.15, 0.2) is 17.5 Å². The number of thiophene rings is 1. The third kappa shape index (κ3) is 2.87. The van der Waals surface area contributed by atoms with Crippen molar-refractivity contribution in [2.45, 2.75) is 32.2 Å².